The van der Waals surface area contributed by atoms with E-state index in [4.69, 9.17) is 0 Å². The normalized spacial score (nSPS) is 15.5. The average molecular weight is 513 g/mol. The number of imide groups is 2. The number of carboxylic acid groups (broad SMARTS) is 1. The highest BCUT2D eigenvalue weighted by molar-refractivity contribution is 6.39. The third kappa shape index (κ3) is 3.62. The molecule has 0 atom stereocenters. The van der Waals surface area contributed by atoms with Crippen LogP contribution in [0.1, 0.15) is 94.1 Å². The second-order valence-corrected chi connectivity index (χ2v) is 11.8. The molecule has 4 amide bonds. The van der Waals surface area contributed by atoms with E-state index < -0.39 is 36.1 Å². The molecule has 3 aromatic carbocycles. The van der Waals surface area contributed by atoms with Crippen molar-refractivity contribution in [2.24, 2.45) is 0 Å². The van der Waals surface area contributed by atoms with E-state index in [1.807, 2.05) is 39.0 Å². The Morgan fingerprint density at radius 2 is 1.13 bits per heavy atom. The monoisotopic (exact) mass is 512 g/mol. The first-order valence-corrected chi connectivity index (χ1v) is 12.3. The van der Waals surface area contributed by atoms with Crippen LogP contribution in [-0.4, -0.2) is 46.1 Å². The maximum Gasteiger partial charge on any atom is 0.323 e. The molecule has 0 radical (unpaired) electrons. The molecule has 194 valence electrons. The Bertz CT molecular complexity index is 1550. The van der Waals surface area contributed by atoms with Crippen LogP contribution >= 0.6 is 0 Å². The van der Waals surface area contributed by atoms with E-state index in [1.54, 1.807) is 0 Å². The van der Waals surface area contributed by atoms with Crippen LogP contribution in [0, 0.1) is 0 Å². The molecular weight excluding hydrogens is 484 g/mol. The molecule has 2 heterocycles. The van der Waals surface area contributed by atoms with E-state index in [9.17, 15) is 29.1 Å². The highest BCUT2D eigenvalue weighted by Crippen LogP contribution is 2.42. The molecule has 8 nitrogen and oxygen atoms in total. The molecule has 5 rings (SSSR count). The maximum absolute atomic E-state index is 14.0. The molecule has 3 aromatic rings. The molecule has 1 N–H and O–H groups in total. The lowest BCUT2D eigenvalue weighted by molar-refractivity contribution is -0.137. The summed E-state index contributed by atoms with van der Waals surface area (Å²) in [5.74, 6) is -3.97. The van der Waals surface area contributed by atoms with Crippen LogP contribution in [0.3, 0.4) is 0 Å². The van der Waals surface area contributed by atoms with E-state index in [0.717, 1.165) is 11.1 Å². The first kappa shape index (κ1) is 25.3. The Morgan fingerprint density at radius 1 is 0.684 bits per heavy atom. The number of rotatable bonds is 3. The number of anilines is 1. The zero-order valence-corrected chi connectivity index (χ0v) is 22.1. The highest BCUT2D eigenvalue weighted by Gasteiger charge is 2.41. The lowest BCUT2D eigenvalue weighted by Gasteiger charge is -2.35. The number of nitrogens with zero attached hydrogens (tertiary/aromatic N) is 2. The Morgan fingerprint density at radius 3 is 1.53 bits per heavy atom. The molecule has 0 saturated carbocycles. The van der Waals surface area contributed by atoms with E-state index >= 15 is 0 Å². The van der Waals surface area contributed by atoms with Crippen LogP contribution < -0.4 is 4.90 Å². The van der Waals surface area contributed by atoms with Gasteiger partial charge in [0.15, 0.2) is 0 Å². The van der Waals surface area contributed by atoms with Gasteiger partial charge in [-0.1, -0.05) is 53.7 Å². The zero-order valence-electron chi connectivity index (χ0n) is 22.1. The number of carbonyl (C=O) groups is 5. The second kappa shape index (κ2) is 8.08. The molecule has 38 heavy (non-hydrogen) atoms. The SMILES string of the molecule is CC(C)(C)c1ccc(C(C)(C)C)c(N2C(=O)c3ccc4c5c(ccc(c35)C2=O)C(=O)N(CC(=O)O)C4=O)c1. The summed E-state index contributed by atoms with van der Waals surface area (Å²) in [6.07, 6.45) is 0. The van der Waals surface area contributed by atoms with Crippen molar-refractivity contribution in [1.82, 2.24) is 4.90 Å². The van der Waals surface area contributed by atoms with Gasteiger partial charge in [-0.25, -0.2) is 4.90 Å². The molecule has 2 aliphatic rings. The topological polar surface area (TPSA) is 112 Å². The first-order valence-electron chi connectivity index (χ1n) is 12.3. The minimum absolute atomic E-state index is 0.0839. The van der Waals surface area contributed by atoms with Crippen LogP contribution in [0.5, 0.6) is 0 Å². The summed E-state index contributed by atoms with van der Waals surface area (Å²) in [7, 11) is 0. The molecule has 8 heteroatoms. The van der Waals surface area contributed by atoms with E-state index in [0.29, 0.717) is 10.6 Å². The van der Waals surface area contributed by atoms with Gasteiger partial charge in [0, 0.05) is 33.0 Å². The van der Waals surface area contributed by atoms with Gasteiger partial charge in [-0.05, 0) is 52.3 Å². The summed E-state index contributed by atoms with van der Waals surface area (Å²) in [6.45, 7) is 11.4. The van der Waals surface area contributed by atoms with Gasteiger partial charge in [0.2, 0.25) is 0 Å². The van der Waals surface area contributed by atoms with Crippen molar-refractivity contribution in [3.05, 3.63) is 75.8 Å². The van der Waals surface area contributed by atoms with Crippen molar-refractivity contribution >= 4 is 46.1 Å². The number of carboxylic acids is 1. The molecule has 0 aliphatic carbocycles. The summed E-state index contributed by atoms with van der Waals surface area (Å²) in [6, 6.07) is 11.7. The van der Waals surface area contributed by atoms with Crippen LogP contribution in [0.25, 0.3) is 10.8 Å². The quantitative estimate of drug-likeness (QED) is 0.499. The predicted molar refractivity (Wildman–Crippen MR) is 142 cm³/mol. The van der Waals surface area contributed by atoms with E-state index in [-0.39, 0.29) is 43.9 Å². The van der Waals surface area contributed by atoms with Gasteiger partial charge in [-0.3, -0.25) is 28.9 Å². The van der Waals surface area contributed by atoms with Gasteiger partial charge in [0.05, 0.1) is 5.69 Å². The van der Waals surface area contributed by atoms with E-state index in [2.05, 4.69) is 20.8 Å². The lowest BCUT2D eigenvalue weighted by Crippen LogP contribution is -2.45. The van der Waals surface area contributed by atoms with Crippen molar-refractivity contribution in [1.29, 1.82) is 0 Å². The van der Waals surface area contributed by atoms with Crippen LogP contribution in [-0.2, 0) is 15.6 Å². The van der Waals surface area contributed by atoms with Crippen molar-refractivity contribution in [3.8, 4) is 0 Å². The number of amides is 4. The Hall–Kier alpha value is -4.33. The Balaban J connectivity index is 1.75. The van der Waals surface area contributed by atoms with Gasteiger partial charge in [-0.2, -0.15) is 0 Å². The zero-order chi connectivity index (χ0) is 27.9. The van der Waals surface area contributed by atoms with E-state index in [1.165, 1.54) is 29.2 Å². The summed E-state index contributed by atoms with van der Waals surface area (Å²) in [5, 5.41) is 9.64. The second-order valence-electron chi connectivity index (χ2n) is 11.8. The van der Waals surface area contributed by atoms with Gasteiger partial charge in [0.1, 0.15) is 6.54 Å². The first-order chi connectivity index (χ1) is 17.6. The number of hydrogen-bond donors (Lipinski definition) is 1. The third-order valence-corrected chi connectivity index (χ3v) is 7.18. The van der Waals surface area contributed by atoms with Gasteiger partial charge >= 0.3 is 5.97 Å². The molecule has 0 fully saturated rings. The molecule has 2 aliphatic heterocycles. The van der Waals surface area contributed by atoms with Crippen LogP contribution in [0.4, 0.5) is 5.69 Å². The summed E-state index contributed by atoms with van der Waals surface area (Å²) in [4.78, 5) is 67.3. The minimum Gasteiger partial charge on any atom is -0.480 e. The fourth-order valence-corrected chi connectivity index (χ4v) is 5.24. The number of hydrogen-bond acceptors (Lipinski definition) is 5. The standard InChI is InChI=1S/C30H28N2O6/c1-29(2,3)15-7-12-20(30(4,5)6)21(13-15)32-27(37)18-10-8-16-23-17(9-11-19(24(18)23)28(32)38)26(36)31(25(16)35)14-22(33)34/h7-13H,14H2,1-6H3,(H,33,34). The molecule has 0 spiro atoms. The molecule has 0 unspecified atom stereocenters. The van der Waals surface area contributed by atoms with Gasteiger partial charge < -0.3 is 5.11 Å². The Labute approximate surface area is 219 Å². The molecule has 0 saturated heterocycles. The van der Waals surface area contributed by atoms with Crippen molar-refractivity contribution in [2.75, 3.05) is 11.4 Å². The molecule has 0 aromatic heterocycles. The van der Waals surface area contributed by atoms with Gasteiger partial charge in [0.25, 0.3) is 23.6 Å². The van der Waals surface area contributed by atoms with Crippen molar-refractivity contribution < 1.29 is 29.1 Å². The van der Waals surface area contributed by atoms with Crippen LogP contribution in [0.15, 0.2) is 42.5 Å². The Kier molecular flexibility index (Phi) is 5.39. The van der Waals surface area contributed by atoms with Gasteiger partial charge in [-0.15, -0.1) is 0 Å². The highest BCUT2D eigenvalue weighted by atomic mass is 16.4. The number of aliphatic carboxylic acids is 1. The van der Waals surface area contributed by atoms with Crippen molar-refractivity contribution in [3.63, 3.8) is 0 Å². The third-order valence-electron chi connectivity index (χ3n) is 7.18. The fourth-order valence-electron chi connectivity index (χ4n) is 5.24. The number of carbonyl (C=O) groups excluding carboxylic acids is 4. The summed E-state index contributed by atoms with van der Waals surface area (Å²) < 4.78 is 0. The predicted octanol–water partition coefficient (Wildman–Crippen LogP) is 4.92. The molecule has 0 bridgehead atoms. The fraction of sp³-hybridized carbons (Fsp3) is 0.300. The largest absolute Gasteiger partial charge is 0.480 e. The minimum atomic E-state index is -1.33. The van der Waals surface area contributed by atoms with Crippen molar-refractivity contribution in [2.45, 2.75) is 52.4 Å². The van der Waals surface area contributed by atoms with Crippen LogP contribution in [0.2, 0.25) is 0 Å². The summed E-state index contributed by atoms with van der Waals surface area (Å²) >= 11 is 0. The smallest absolute Gasteiger partial charge is 0.323 e. The average Bonchev–Trinajstić information content (AvgIpc) is 2.82. The molecular formula is C30H28N2O6. The summed E-state index contributed by atoms with van der Waals surface area (Å²) in [5.41, 5.74) is 2.27. The lowest BCUT2D eigenvalue weighted by atomic mass is 9.80. The number of benzene rings is 3. The maximum atomic E-state index is 14.0.